The third-order valence-corrected chi connectivity index (χ3v) is 4.27. The van der Waals surface area contributed by atoms with E-state index in [1.54, 1.807) is 23.4 Å². The summed E-state index contributed by atoms with van der Waals surface area (Å²) in [6.07, 6.45) is 4.45. The highest BCUT2D eigenvalue weighted by atomic mass is 16.5. The molecule has 2 heterocycles. The van der Waals surface area contributed by atoms with Crippen LogP contribution in [0.25, 0.3) is 0 Å². The average molecular weight is 349 g/mol. The lowest BCUT2D eigenvalue weighted by atomic mass is 9.98. The first-order valence-electron chi connectivity index (χ1n) is 8.51. The molecule has 0 unspecified atom stereocenters. The maximum atomic E-state index is 12.6. The van der Waals surface area contributed by atoms with Crippen LogP contribution >= 0.6 is 0 Å². The summed E-state index contributed by atoms with van der Waals surface area (Å²) in [5.41, 5.74) is 0.791. The molecule has 3 rings (SSSR count). The minimum Gasteiger partial charge on any atom is -0.394 e. The molecule has 0 radical (unpaired) electrons. The number of aromatic nitrogens is 1. The Morgan fingerprint density at radius 2 is 2.28 bits per heavy atom. The van der Waals surface area contributed by atoms with Crippen LogP contribution in [-0.4, -0.2) is 71.9 Å². The van der Waals surface area contributed by atoms with Crippen LogP contribution in [0.5, 0.6) is 0 Å². The Morgan fingerprint density at radius 3 is 2.96 bits per heavy atom. The number of aliphatic hydroxyl groups excluding tert-OH is 1. The predicted octanol–water partition coefficient (Wildman–Crippen LogP) is -0.362. The van der Waals surface area contributed by atoms with E-state index in [2.05, 4.69) is 10.3 Å². The lowest BCUT2D eigenvalue weighted by Crippen LogP contribution is -2.55. The third kappa shape index (κ3) is 4.33. The molecule has 1 saturated carbocycles. The second-order valence-corrected chi connectivity index (χ2v) is 6.12. The van der Waals surface area contributed by atoms with Gasteiger partial charge in [-0.1, -0.05) is 6.07 Å². The van der Waals surface area contributed by atoms with Gasteiger partial charge in [0.1, 0.15) is 6.61 Å². The van der Waals surface area contributed by atoms with Gasteiger partial charge in [-0.15, -0.1) is 0 Å². The highest BCUT2D eigenvalue weighted by Gasteiger charge is 2.47. The molecular formula is C17H23N3O5. The largest absolute Gasteiger partial charge is 0.394 e. The van der Waals surface area contributed by atoms with E-state index in [9.17, 15) is 9.59 Å². The van der Waals surface area contributed by atoms with E-state index in [-0.39, 0.29) is 37.7 Å². The van der Waals surface area contributed by atoms with Gasteiger partial charge < -0.3 is 24.8 Å². The van der Waals surface area contributed by atoms with Gasteiger partial charge in [0.25, 0.3) is 5.91 Å². The maximum Gasteiger partial charge on any atom is 0.251 e. The number of hydrogen-bond donors (Lipinski definition) is 2. The monoisotopic (exact) mass is 349 g/mol. The molecule has 2 aliphatic rings. The third-order valence-electron chi connectivity index (χ3n) is 4.27. The molecule has 1 aliphatic heterocycles. The van der Waals surface area contributed by atoms with Gasteiger partial charge in [-0.3, -0.25) is 14.6 Å². The van der Waals surface area contributed by atoms with Crippen LogP contribution in [0.4, 0.5) is 0 Å². The van der Waals surface area contributed by atoms with Crippen molar-refractivity contribution in [3.63, 3.8) is 0 Å². The van der Waals surface area contributed by atoms with Crippen molar-refractivity contribution < 1.29 is 24.2 Å². The summed E-state index contributed by atoms with van der Waals surface area (Å²) in [4.78, 5) is 30.9. The summed E-state index contributed by atoms with van der Waals surface area (Å²) in [7, 11) is 0. The number of pyridine rings is 1. The Bertz CT molecular complexity index is 593. The van der Waals surface area contributed by atoms with Gasteiger partial charge in [-0.05, 0) is 24.5 Å². The molecular weight excluding hydrogens is 326 g/mol. The Balaban J connectivity index is 1.71. The number of nitrogens with zero attached hydrogens (tertiary/aromatic N) is 2. The molecule has 1 aromatic rings. The SMILES string of the molecule is O=C(NCCOCCO)[C@H]1OCC(=O)N(C2CC2)[C@@H]1c1cccnc1. The Labute approximate surface area is 146 Å². The molecule has 0 spiro atoms. The van der Waals surface area contributed by atoms with Gasteiger partial charge in [0, 0.05) is 25.0 Å². The van der Waals surface area contributed by atoms with Crippen molar-refractivity contribution in [2.45, 2.75) is 31.0 Å². The number of amides is 2. The highest BCUT2D eigenvalue weighted by Crippen LogP contribution is 2.39. The zero-order valence-electron chi connectivity index (χ0n) is 14.0. The van der Waals surface area contributed by atoms with Crippen LogP contribution in [0.2, 0.25) is 0 Å². The molecule has 2 amide bonds. The molecule has 8 heteroatoms. The summed E-state index contributed by atoms with van der Waals surface area (Å²) < 4.78 is 10.7. The van der Waals surface area contributed by atoms with E-state index in [0.29, 0.717) is 13.2 Å². The van der Waals surface area contributed by atoms with E-state index in [1.165, 1.54) is 0 Å². The van der Waals surface area contributed by atoms with Gasteiger partial charge >= 0.3 is 0 Å². The number of ether oxygens (including phenoxy) is 2. The van der Waals surface area contributed by atoms with Crippen molar-refractivity contribution in [2.75, 3.05) is 33.0 Å². The summed E-state index contributed by atoms with van der Waals surface area (Å²) in [6, 6.07) is 3.35. The molecule has 2 N–H and O–H groups in total. The lowest BCUT2D eigenvalue weighted by molar-refractivity contribution is -0.165. The summed E-state index contributed by atoms with van der Waals surface area (Å²) >= 11 is 0. The first-order chi connectivity index (χ1) is 12.2. The number of rotatable bonds is 8. The second kappa shape index (κ2) is 8.37. The molecule has 0 aromatic carbocycles. The summed E-state index contributed by atoms with van der Waals surface area (Å²) in [5, 5.41) is 11.5. The minimum atomic E-state index is -0.777. The molecule has 136 valence electrons. The van der Waals surface area contributed by atoms with Crippen LogP contribution in [0.15, 0.2) is 24.5 Å². The van der Waals surface area contributed by atoms with Crippen molar-refractivity contribution in [2.24, 2.45) is 0 Å². The molecule has 25 heavy (non-hydrogen) atoms. The smallest absolute Gasteiger partial charge is 0.251 e. The maximum absolute atomic E-state index is 12.6. The number of carbonyl (C=O) groups is 2. The number of carbonyl (C=O) groups excluding carboxylic acids is 2. The topological polar surface area (TPSA) is 101 Å². The fraction of sp³-hybridized carbons (Fsp3) is 0.588. The number of hydrogen-bond acceptors (Lipinski definition) is 6. The average Bonchev–Trinajstić information content (AvgIpc) is 3.46. The molecule has 1 aliphatic carbocycles. The van der Waals surface area contributed by atoms with Crippen molar-refractivity contribution in [3.05, 3.63) is 30.1 Å². The van der Waals surface area contributed by atoms with Crippen molar-refractivity contribution in [3.8, 4) is 0 Å². The van der Waals surface area contributed by atoms with E-state index in [4.69, 9.17) is 14.6 Å². The normalized spacial score (nSPS) is 23.6. The quantitative estimate of drug-likeness (QED) is 0.622. The van der Waals surface area contributed by atoms with E-state index >= 15 is 0 Å². The van der Waals surface area contributed by atoms with Gasteiger partial charge in [0.2, 0.25) is 5.91 Å². The highest BCUT2D eigenvalue weighted by molar-refractivity contribution is 5.86. The van der Waals surface area contributed by atoms with Crippen LogP contribution in [0.3, 0.4) is 0 Å². The number of nitrogens with one attached hydrogen (secondary N) is 1. The summed E-state index contributed by atoms with van der Waals surface area (Å²) in [6.45, 7) is 0.712. The minimum absolute atomic E-state index is 0.0543. The first-order valence-corrected chi connectivity index (χ1v) is 8.51. The Hall–Kier alpha value is -2.03. The molecule has 1 aromatic heterocycles. The molecule has 0 bridgehead atoms. The second-order valence-electron chi connectivity index (χ2n) is 6.12. The zero-order chi connectivity index (χ0) is 17.6. The van der Waals surface area contributed by atoms with E-state index in [1.807, 2.05) is 6.07 Å². The fourth-order valence-corrected chi connectivity index (χ4v) is 3.03. The van der Waals surface area contributed by atoms with Gasteiger partial charge in [-0.25, -0.2) is 0 Å². The molecule has 1 saturated heterocycles. The van der Waals surface area contributed by atoms with Crippen molar-refractivity contribution >= 4 is 11.8 Å². The van der Waals surface area contributed by atoms with Gasteiger partial charge in [-0.2, -0.15) is 0 Å². The van der Waals surface area contributed by atoms with Gasteiger partial charge in [0.15, 0.2) is 6.10 Å². The van der Waals surface area contributed by atoms with Crippen molar-refractivity contribution in [1.82, 2.24) is 15.2 Å². The van der Waals surface area contributed by atoms with Crippen LogP contribution in [0.1, 0.15) is 24.4 Å². The predicted molar refractivity (Wildman–Crippen MR) is 87.5 cm³/mol. The molecule has 8 nitrogen and oxygen atoms in total. The number of aliphatic hydroxyl groups is 1. The van der Waals surface area contributed by atoms with Crippen LogP contribution < -0.4 is 5.32 Å². The lowest BCUT2D eigenvalue weighted by Gasteiger charge is -2.40. The zero-order valence-corrected chi connectivity index (χ0v) is 14.0. The Kier molecular flexibility index (Phi) is 5.95. The standard InChI is InChI=1S/C17H23N3O5/c21-7-9-24-8-6-19-17(23)16-15(12-2-1-5-18-10-12)20(13-3-4-13)14(22)11-25-16/h1-2,5,10,13,15-16,21H,3-4,6-9,11H2,(H,19,23)/t15-,16+/m1/s1. The Morgan fingerprint density at radius 1 is 1.44 bits per heavy atom. The van der Waals surface area contributed by atoms with E-state index < -0.39 is 12.1 Å². The summed E-state index contributed by atoms with van der Waals surface area (Å²) in [5.74, 6) is -0.369. The van der Waals surface area contributed by atoms with Crippen molar-refractivity contribution in [1.29, 1.82) is 0 Å². The van der Waals surface area contributed by atoms with Crippen LogP contribution in [0, 0.1) is 0 Å². The first kappa shape index (κ1) is 17.8. The number of morpholine rings is 1. The van der Waals surface area contributed by atoms with Gasteiger partial charge in [0.05, 0.1) is 25.9 Å². The van der Waals surface area contributed by atoms with E-state index in [0.717, 1.165) is 18.4 Å². The fourth-order valence-electron chi connectivity index (χ4n) is 3.03. The molecule has 2 fully saturated rings. The molecule has 2 atom stereocenters. The van der Waals surface area contributed by atoms with Crippen LogP contribution in [-0.2, 0) is 19.1 Å².